The molecule has 4 rings (SSSR count). The molecule has 0 radical (unpaired) electrons. The van der Waals surface area contributed by atoms with E-state index < -0.39 is 11.7 Å². The maximum atomic E-state index is 13.2. The van der Waals surface area contributed by atoms with E-state index in [1.165, 1.54) is 12.3 Å². The maximum absolute atomic E-state index is 13.2. The Kier molecular flexibility index (Phi) is 7.87. The molecule has 0 aliphatic carbocycles. The fourth-order valence-electron chi connectivity index (χ4n) is 4.12. The van der Waals surface area contributed by atoms with Gasteiger partial charge in [-0.25, -0.2) is 4.98 Å². The lowest BCUT2D eigenvalue weighted by atomic mass is 10.0. The second kappa shape index (κ2) is 11.0. The largest absolute Gasteiger partial charge is 0.447 e. The number of carbonyl (C=O) groups excluding carboxylic acids is 1. The van der Waals surface area contributed by atoms with E-state index in [0.717, 1.165) is 30.5 Å². The molecule has 1 fully saturated rings. The summed E-state index contributed by atoms with van der Waals surface area (Å²) in [5.41, 5.74) is 0.984. The van der Waals surface area contributed by atoms with Gasteiger partial charge in [0.2, 0.25) is 5.89 Å². The number of aromatic nitrogens is 1. The first-order chi connectivity index (χ1) is 16.8. The molecule has 1 aliphatic heterocycles. The summed E-state index contributed by atoms with van der Waals surface area (Å²) < 4.78 is 50.8. The molecule has 1 amide bonds. The van der Waals surface area contributed by atoms with E-state index in [1.54, 1.807) is 6.07 Å². The summed E-state index contributed by atoms with van der Waals surface area (Å²) in [6, 6.07) is 14.8. The van der Waals surface area contributed by atoms with Crippen LogP contribution in [0.2, 0.25) is 0 Å². The van der Waals surface area contributed by atoms with E-state index in [0.29, 0.717) is 24.6 Å². The van der Waals surface area contributed by atoms with E-state index in [4.69, 9.17) is 9.15 Å². The summed E-state index contributed by atoms with van der Waals surface area (Å²) >= 11 is 0. The van der Waals surface area contributed by atoms with Gasteiger partial charge in [0.1, 0.15) is 6.26 Å². The molecule has 1 N–H and O–H groups in total. The normalized spacial score (nSPS) is 17.0. The highest BCUT2D eigenvalue weighted by Crippen LogP contribution is 2.31. The lowest BCUT2D eigenvalue weighted by Gasteiger charge is -2.28. The molecule has 0 spiro atoms. The van der Waals surface area contributed by atoms with E-state index >= 15 is 0 Å². The minimum Gasteiger partial charge on any atom is -0.447 e. The molecule has 2 atom stereocenters. The highest BCUT2D eigenvalue weighted by atomic mass is 19.4. The number of rotatable bonds is 9. The van der Waals surface area contributed by atoms with Gasteiger partial charge >= 0.3 is 6.18 Å². The van der Waals surface area contributed by atoms with E-state index in [9.17, 15) is 18.0 Å². The Morgan fingerprint density at radius 3 is 2.69 bits per heavy atom. The van der Waals surface area contributed by atoms with Crippen LogP contribution in [0.4, 0.5) is 13.2 Å². The zero-order chi connectivity index (χ0) is 24.8. The van der Waals surface area contributed by atoms with Crippen LogP contribution in [0.25, 0.3) is 0 Å². The number of nitrogens with zero attached hydrogens (tertiary/aromatic N) is 2. The second-order valence-corrected chi connectivity index (χ2v) is 8.66. The van der Waals surface area contributed by atoms with Crippen LogP contribution in [0.1, 0.15) is 58.9 Å². The van der Waals surface area contributed by atoms with E-state index in [2.05, 4.69) is 10.3 Å². The fourth-order valence-corrected chi connectivity index (χ4v) is 4.12. The van der Waals surface area contributed by atoms with Crippen molar-refractivity contribution in [2.45, 2.75) is 51.2 Å². The third-order valence-corrected chi connectivity index (χ3v) is 6.11. The Morgan fingerprint density at radius 2 is 1.97 bits per heavy atom. The van der Waals surface area contributed by atoms with Crippen molar-refractivity contribution in [3.05, 3.63) is 89.1 Å². The molecule has 9 heteroatoms. The zero-order valence-electron chi connectivity index (χ0n) is 19.4. The van der Waals surface area contributed by atoms with Crippen molar-refractivity contribution in [1.29, 1.82) is 0 Å². The lowest BCUT2D eigenvalue weighted by Crippen LogP contribution is -2.32. The quantitative estimate of drug-likeness (QED) is 0.440. The van der Waals surface area contributed by atoms with Gasteiger partial charge in [0, 0.05) is 25.7 Å². The Balaban J connectivity index is 1.49. The van der Waals surface area contributed by atoms with Crippen molar-refractivity contribution in [2.75, 3.05) is 13.2 Å². The second-order valence-electron chi connectivity index (χ2n) is 8.66. The van der Waals surface area contributed by atoms with Gasteiger partial charge in [-0.2, -0.15) is 13.2 Å². The van der Waals surface area contributed by atoms with Gasteiger partial charge in [0.05, 0.1) is 18.2 Å². The number of hydrogen-bond donors (Lipinski definition) is 1. The number of nitrogens with one attached hydrogen (secondary N) is 1. The Bertz CT molecular complexity index is 1110. The third kappa shape index (κ3) is 6.70. The SMILES string of the molecule is C[C@@H](c1ccccc1)N(Cc1cccc(C(F)(F)F)c1)Cc1nc(C(=O)NC[C@@H]2CCCO2)co1. The minimum atomic E-state index is -4.42. The zero-order valence-corrected chi connectivity index (χ0v) is 19.4. The van der Waals surface area contributed by atoms with Gasteiger partial charge in [-0.15, -0.1) is 0 Å². The van der Waals surface area contributed by atoms with Crippen molar-refractivity contribution < 1.29 is 27.1 Å². The highest BCUT2D eigenvalue weighted by molar-refractivity contribution is 5.91. The average Bonchev–Trinajstić information content (AvgIpc) is 3.54. The Labute approximate surface area is 202 Å². The molecule has 0 unspecified atom stereocenters. The number of benzene rings is 2. The number of amides is 1. The van der Waals surface area contributed by atoms with Crippen molar-refractivity contribution in [1.82, 2.24) is 15.2 Å². The smallest absolute Gasteiger partial charge is 0.416 e. The van der Waals surface area contributed by atoms with Gasteiger partial charge in [-0.05, 0) is 37.0 Å². The Hall–Kier alpha value is -3.17. The van der Waals surface area contributed by atoms with Crippen LogP contribution in [-0.2, 0) is 24.0 Å². The van der Waals surface area contributed by atoms with Crippen LogP contribution in [0, 0.1) is 0 Å². The number of halogens is 3. The van der Waals surface area contributed by atoms with Gasteiger partial charge in [0.25, 0.3) is 5.91 Å². The highest BCUT2D eigenvalue weighted by Gasteiger charge is 2.30. The number of carbonyl (C=O) groups is 1. The van der Waals surface area contributed by atoms with Gasteiger partial charge < -0.3 is 14.5 Å². The molecule has 1 aliphatic rings. The molecule has 186 valence electrons. The van der Waals surface area contributed by atoms with Gasteiger partial charge in [0.15, 0.2) is 5.69 Å². The molecule has 2 heterocycles. The number of alkyl halides is 3. The number of hydrogen-bond acceptors (Lipinski definition) is 5. The first-order valence-corrected chi connectivity index (χ1v) is 11.6. The molecule has 1 aromatic heterocycles. The summed E-state index contributed by atoms with van der Waals surface area (Å²) in [6.45, 7) is 3.54. The van der Waals surface area contributed by atoms with Crippen molar-refractivity contribution in [3.8, 4) is 0 Å². The van der Waals surface area contributed by atoms with Crippen LogP contribution in [0.15, 0.2) is 65.3 Å². The van der Waals surface area contributed by atoms with Crippen molar-refractivity contribution in [2.24, 2.45) is 0 Å². The molecular weight excluding hydrogens is 459 g/mol. The summed E-state index contributed by atoms with van der Waals surface area (Å²) in [4.78, 5) is 18.8. The molecular formula is C26H28F3N3O3. The molecule has 3 aromatic rings. The first-order valence-electron chi connectivity index (χ1n) is 11.6. The van der Waals surface area contributed by atoms with E-state index in [1.807, 2.05) is 42.2 Å². The van der Waals surface area contributed by atoms with Gasteiger partial charge in [-0.1, -0.05) is 48.5 Å². The molecule has 6 nitrogen and oxygen atoms in total. The molecule has 35 heavy (non-hydrogen) atoms. The van der Waals surface area contributed by atoms with Crippen LogP contribution in [0.5, 0.6) is 0 Å². The van der Waals surface area contributed by atoms with Crippen molar-refractivity contribution in [3.63, 3.8) is 0 Å². The van der Waals surface area contributed by atoms with Crippen LogP contribution >= 0.6 is 0 Å². The molecule has 0 bridgehead atoms. The Morgan fingerprint density at radius 1 is 1.17 bits per heavy atom. The summed E-state index contributed by atoms with van der Waals surface area (Å²) in [7, 11) is 0. The summed E-state index contributed by atoms with van der Waals surface area (Å²) in [5.74, 6) is -0.0435. The van der Waals surface area contributed by atoms with Crippen LogP contribution < -0.4 is 5.32 Å². The van der Waals surface area contributed by atoms with Crippen LogP contribution in [-0.4, -0.2) is 35.0 Å². The predicted octanol–water partition coefficient (Wildman–Crippen LogP) is 5.37. The topological polar surface area (TPSA) is 67.6 Å². The standard InChI is InChI=1S/C26H28F3N3O3/c1-18(20-8-3-2-4-9-20)32(15-19-7-5-10-21(13-19)26(27,28)29)16-24-31-23(17-35-24)25(33)30-14-22-11-6-12-34-22/h2-5,7-10,13,17-18,22H,6,11-12,14-16H2,1H3,(H,30,33)/t18-,22-/m0/s1. The van der Waals surface area contributed by atoms with Crippen LogP contribution in [0.3, 0.4) is 0 Å². The predicted molar refractivity (Wildman–Crippen MR) is 123 cm³/mol. The van der Waals surface area contributed by atoms with Crippen molar-refractivity contribution >= 4 is 5.91 Å². The average molecular weight is 488 g/mol. The fraction of sp³-hybridized carbons (Fsp3) is 0.385. The van der Waals surface area contributed by atoms with Gasteiger partial charge in [-0.3, -0.25) is 9.69 Å². The maximum Gasteiger partial charge on any atom is 0.416 e. The lowest BCUT2D eigenvalue weighted by molar-refractivity contribution is -0.137. The monoisotopic (exact) mass is 487 g/mol. The third-order valence-electron chi connectivity index (χ3n) is 6.11. The molecule has 2 aromatic carbocycles. The number of oxazole rings is 1. The summed E-state index contributed by atoms with van der Waals surface area (Å²) in [5, 5.41) is 2.81. The first kappa shape index (κ1) is 24.9. The van der Waals surface area contributed by atoms with E-state index in [-0.39, 0.29) is 36.8 Å². The molecule has 0 saturated carbocycles. The molecule has 1 saturated heterocycles. The summed E-state index contributed by atoms with van der Waals surface area (Å²) in [6.07, 6.45) is -1.21. The minimum absolute atomic E-state index is 0.0139. The number of ether oxygens (including phenoxy) is 1.